The Balaban J connectivity index is 1.95. The van der Waals surface area contributed by atoms with Crippen molar-refractivity contribution in [2.24, 2.45) is 0 Å². The fourth-order valence-corrected chi connectivity index (χ4v) is 4.62. The molecule has 0 atom stereocenters. The summed E-state index contributed by atoms with van der Waals surface area (Å²) in [6.45, 7) is 4.34. The molecular formula is C26H19N3. The third kappa shape index (κ3) is 2.18. The molecule has 0 amide bonds. The van der Waals surface area contributed by atoms with Crippen molar-refractivity contribution in [3.05, 3.63) is 90.3 Å². The fourth-order valence-electron chi connectivity index (χ4n) is 4.62. The second kappa shape index (κ2) is 5.89. The highest BCUT2D eigenvalue weighted by atomic mass is 15.0. The molecule has 3 heterocycles. The van der Waals surface area contributed by atoms with E-state index in [0.717, 1.165) is 38.5 Å². The average Bonchev–Trinajstić information content (AvgIpc) is 3.18. The van der Waals surface area contributed by atoms with Crippen molar-refractivity contribution in [3.63, 3.8) is 0 Å². The Morgan fingerprint density at radius 2 is 1.34 bits per heavy atom. The molecule has 3 heteroatoms. The molecule has 6 aromatic rings. The van der Waals surface area contributed by atoms with Crippen LogP contribution in [-0.2, 0) is 0 Å². The maximum atomic E-state index is 4.90. The molecule has 0 aliphatic rings. The number of aromatic nitrogens is 3. The van der Waals surface area contributed by atoms with Gasteiger partial charge in [-0.05, 0) is 25.0 Å². The number of pyridine rings is 2. The van der Waals surface area contributed by atoms with Crippen LogP contribution in [0.5, 0.6) is 0 Å². The van der Waals surface area contributed by atoms with Gasteiger partial charge >= 0.3 is 0 Å². The van der Waals surface area contributed by atoms with Crippen molar-refractivity contribution >= 4 is 38.2 Å². The van der Waals surface area contributed by atoms with Gasteiger partial charge in [-0.3, -0.25) is 9.38 Å². The highest BCUT2D eigenvalue weighted by Gasteiger charge is 2.18. The molecule has 6 rings (SSSR count). The number of aryl methyl sites for hydroxylation is 2. The first kappa shape index (κ1) is 16.3. The lowest BCUT2D eigenvalue weighted by molar-refractivity contribution is 1.24. The Kier molecular flexibility index (Phi) is 3.30. The monoisotopic (exact) mass is 373 g/mol. The van der Waals surface area contributed by atoms with Crippen LogP contribution < -0.4 is 0 Å². The Bertz CT molecular complexity index is 1550. The van der Waals surface area contributed by atoms with E-state index >= 15 is 0 Å². The van der Waals surface area contributed by atoms with Gasteiger partial charge in [-0.1, -0.05) is 66.7 Å². The van der Waals surface area contributed by atoms with E-state index in [1.807, 2.05) is 12.4 Å². The molecule has 3 aromatic heterocycles. The van der Waals surface area contributed by atoms with Gasteiger partial charge in [-0.15, -0.1) is 0 Å². The zero-order valence-corrected chi connectivity index (χ0v) is 16.3. The highest BCUT2D eigenvalue weighted by molar-refractivity contribution is 6.17. The Morgan fingerprint density at radius 1 is 0.655 bits per heavy atom. The predicted octanol–water partition coefficient (Wildman–Crippen LogP) is 6.47. The molecule has 3 nitrogen and oxygen atoms in total. The zero-order valence-electron chi connectivity index (χ0n) is 16.3. The number of imidazole rings is 1. The highest BCUT2D eigenvalue weighted by Crippen LogP contribution is 2.36. The number of fused-ring (bicyclic) bond motifs is 8. The molecule has 3 aromatic carbocycles. The van der Waals surface area contributed by atoms with E-state index in [1.165, 1.54) is 22.1 Å². The van der Waals surface area contributed by atoms with Crippen LogP contribution in [0, 0.1) is 13.8 Å². The SMILES string of the molecule is Cc1cccc(C)c1-c1cnc2c3ccccc3c3ncc4ccccc4c3n12. The molecule has 0 radical (unpaired) electrons. The molecular weight excluding hydrogens is 354 g/mol. The van der Waals surface area contributed by atoms with Gasteiger partial charge in [0.05, 0.1) is 22.9 Å². The van der Waals surface area contributed by atoms with Crippen molar-refractivity contribution in [2.45, 2.75) is 13.8 Å². The van der Waals surface area contributed by atoms with Crippen LogP contribution >= 0.6 is 0 Å². The summed E-state index contributed by atoms with van der Waals surface area (Å²) in [5, 5.41) is 4.59. The minimum absolute atomic E-state index is 0.976. The molecule has 138 valence electrons. The number of nitrogens with zero attached hydrogens (tertiary/aromatic N) is 3. The summed E-state index contributed by atoms with van der Waals surface area (Å²) in [6, 6.07) is 23.3. The minimum Gasteiger partial charge on any atom is -0.289 e. The van der Waals surface area contributed by atoms with Crippen LogP contribution in [0.1, 0.15) is 11.1 Å². The molecule has 0 aliphatic heterocycles. The van der Waals surface area contributed by atoms with Crippen molar-refractivity contribution < 1.29 is 0 Å². The fraction of sp³-hybridized carbons (Fsp3) is 0.0769. The summed E-state index contributed by atoms with van der Waals surface area (Å²) < 4.78 is 2.31. The van der Waals surface area contributed by atoms with Crippen molar-refractivity contribution in [2.75, 3.05) is 0 Å². The first-order valence-corrected chi connectivity index (χ1v) is 9.86. The van der Waals surface area contributed by atoms with Gasteiger partial charge in [0.2, 0.25) is 0 Å². The van der Waals surface area contributed by atoms with Crippen LogP contribution in [-0.4, -0.2) is 14.4 Å². The van der Waals surface area contributed by atoms with Gasteiger partial charge in [0.1, 0.15) is 5.65 Å². The van der Waals surface area contributed by atoms with E-state index in [1.54, 1.807) is 0 Å². The summed E-state index contributed by atoms with van der Waals surface area (Å²) in [7, 11) is 0. The van der Waals surface area contributed by atoms with Crippen LogP contribution in [0.3, 0.4) is 0 Å². The summed E-state index contributed by atoms with van der Waals surface area (Å²) >= 11 is 0. The lowest BCUT2D eigenvalue weighted by atomic mass is 10.00. The summed E-state index contributed by atoms with van der Waals surface area (Å²) in [4.78, 5) is 9.80. The number of rotatable bonds is 1. The van der Waals surface area contributed by atoms with Crippen LogP contribution in [0.4, 0.5) is 0 Å². The lowest BCUT2D eigenvalue weighted by Gasteiger charge is -2.14. The average molecular weight is 373 g/mol. The van der Waals surface area contributed by atoms with E-state index in [0.29, 0.717) is 0 Å². The number of benzene rings is 3. The zero-order chi connectivity index (χ0) is 19.5. The second-order valence-corrected chi connectivity index (χ2v) is 7.66. The van der Waals surface area contributed by atoms with Gasteiger partial charge in [0, 0.05) is 33.3 Å². The lowest BCUT2D eigenvalue weighted by Crippen LogP contribution is -1.98. The summed E-state index contributed by atoms with van der Waals surface area (Å²) in [5.74, 6) is 0. The van der Waals surface area contributed by atoms with Crippen LogP contribution in [0.2, 0.25) is 0 Å². The smallest absolute Gasteiger partial charge is 0.145 e. The van der Waals surface area contributed by atoms with Crippen LogP contribution in [0.25, 0.3) is 49.5 Å². The van der Waals surface area contributed by atoms with E-state index in [2.05, 4.69) is 85.0 Å². The van der Waals surface area contributed by atoms with Gasteiger partial charge < -0.3 is 0 Å². The van der Waals surface area contributed by atoms with Crippen molar-refractivity contribution in [1.82, 2.24) is 14.4 Å². The Hall–Kier alpha value is -3.72. The standard InChI is InChI=1S/C26H19N3/c1-16-8-7-9-17(2)23(16)22-15-28-26-21-13-6-5-12-20(21)24-25(29(22)26)19-11-4-3-10-18(19)14-27-24/h3-15H,1-2H3. The van der Waals surface area contributed by atoms with E-state index < -0.39 is 0 Å². The molecule has 0 N–H and O–H groups in total. The molecule has 0 spiro atoms. The van der Waals surface area contributed by atoms with E-state index in [9.17, 15) is 0 Å². The molecule has 0 unspecified atom stereocenters. The maximum Gasteiger partial charge on any atom is 0.145 e. The summed E-state index contributed by atoms with van der Waals surface area (Å²) in [5.41, 5.74) is 7.96. The third-order valence-corrected chi connectivity index (χ3v) is 5.92. The predicted molar refractivity (Wildman–Crippen MR) is 120 cm³/mol. The van der Waals surface area contributed by atoms with E-state index in [-0.39, 0.29) is 0 Å². The van der Waals surface area contributed by atoms with Crippen molar-refractivity contribution in [3.8, 4) is 11.3 Å². The topological polar surface area (TPSA) is 30.2 Å². The first-order valence-electron chi connectivity index (χ1n) is 9.86. The summed E-state index contributed by atoms with van der Waals surface area (Å²) in [6.07, 6.45) is 3.99. The van der Waals surface area contributed by atoms with Crippen molar-refractivity contribution in [1.29, 1.82) is 0 Å². The normalized spacial score (nSPS) is 11.8. The molecule has 0 bridgehead atoms. The molecule has 29 heavy (non-hydrogen) atoms. The quantitative estimate of drug-likeness (QED) is 0.309. The van der Waals surface area contributed by atoms with Gasteiger partial charge in [0.15, 0.2) is 0 Å². The largest absolute Gasteiger partial charge is 0.289 e. The molecule has 0 aliphatic carbocycles. The van der Waals surface area contributed by atoms with Gasteiger partial charge in [0.25, 0.3) is 0 Å². The molecule has 0 saturated carbocycles. The Morgan fingerprint density at radius 3 is 2.14 bits per heavy atom. The van der Waals surface area contributed by atoms with E-state index in [4.69, 9.17) is 9.97 Å². The van der Waals surface area contributed by atoms with Gasteiger partial charge in [-0.2, -0.15) is 0 Å². The number of hydrogen-bond acceptors (Lipinski definition) is 2. The first-order chi connectivity index (χ1) is 14.2. The Labute approximate surface area is 168 Å². The molecule has 0 fully saturated rings. The van der Waals surface area contributed by atoms with Gasteiger partial charge in [-0.25, -0.2) is 4.98 Å². The third-order valence-electron chi connectivity index (χ3n) is 5.92. The molecule has 0 saturated heterocycles. The minimum atomic E-state index is 0.976. The maximum absolute atomic E-state index is 4.90. The number of hydrogen-bond donors (Lipinski definition) is 0. The second-order valence-electron chi connectivity index (χ2n) is 7.66. The van der Waals surface area contributed by atoms with Crippen LogP contribution in [0.15, 0.2) is 79.1 Å².